The normalized spacial score (nSPS) is 10.4. The predicted octanol–water partition coefficient (Wildman–Crippen LogP) is 1.94. The molecule has 3 aromatic rings. The molecule has 2 amide bonds. The summed E-state index contributed by atoms with van der Waals surface area (Å²) in [5.41, 5.74) is 1.65. The second-order valence-corrected chi connectivity index (χ2v) is 7.43. The third-order valence-corrected chi connectivity index (χ3v) is 4.73. The quantitative estimate of drug-likeness (QED) is 0.428. The van der Waals surface area contributed by atoms with Gasteiger partial charge in [-0.25, -0.2) is 4.98 Å². The highest BCUT2D eigenvalue weighted by Gasteiger charge is 2.12. The molecular formula is C23H28N6O5. The van der Waals surface area contributed by atoms with Crippen LogP contribution >= 0.6 is 0 Å². The van der Waals surface area contributed by atoms with Crippen LogP contribution in [-0.4, -0.2) is 70.4 Å². The molecular weight excluding hydrogens is 440 g/mol. The zero-order chi connectivity index (χ0) is 24.3. The first-order chi connectivity index (χ1) is 16.4. The Hall–Kier alpha value is -4.15. The molecule has 180 valence electrons. The predicted molar refractivity (Wildman–Crippen MR) is 124 cm³/mol. The molecule has 0 saturated carbocycles. The fourth-order valence-electron chi connectivity index (χ4n) is 2.81. The number of carbonyl (C=O) groups is 2. The Bertz CT molecular complexity index is 1090. The first-order valence-electron chi connectivity index (χ1n) is 10.7. The molecule has 0 radical (unpaired) electrons. The largest absolute Gasteiger partial charge is 0.492 e. The highest BCUT2D eigenvalue weighted by Crippen LogP contribution is 2.12. The maximum atomic E-state index is 12.4. The number of hydrogen-bond donors (Lipinski definition) is 1. The van der Waals surface area contributed by atoms with Crippen molar-refractivity contribution in [2.24, 2.45) is 0 Å². The molecule has 2 aromatic heterocycles. The fraction of sp³-hybridized carbons (Fsp3) is 0.348. The molecule has 1 N–H and O–H groups in total. The number of amides is 2. The van der Waals surface area contributed by atoms with Crippen molar-refractivity contribution < 1.29 is 23.8 Å². The van der Waals surface area contributed by atoms with Gasteiger partial charge >= 0.3 is 6.01 Å². The van der Waals surface area contributed by atoms with Crippen LogP contribution in [0.4, 0.5) is 5.69 Å². The number of ether oxygens (including phenoxy) is 3. The molecule has 11 nitrogen and oxygen atoms in total. The summed E-state index contributed by atoms with van der Waals surface area (Å²) in [6, 6.07) is 9.51. The number of aromatic nitrogens is 4. The maximum absolute atomic E-state index is 12.4. The maximum Gasteiger partial charge on any atom is 0.319 e. The summed E-state index contributed by atoms with van der Waals surface area (Å²) in [6.07, 6.45) is 4.70. The number of methoxy groups -OCH3 is 1. The average molecular weight is 469 g/mol. The first-order valence-corrected chi connectivity index (χ1v) is 10.7. The van der Waals surface area contributed by atoms with Gasteiger partial charge in [-0.3, -0.25) is 14.3 Å². The number of hydrogen-bond acceptors (Lipinski definition) is 8. The van der Waals surface area contributed by atoms with Gasteiger partial charge in [0.1, 0.15) is 18.9 Å². The molecule has 34 heavy (non-hydrogen) atoms. The number of carbonyl (C=O) groups excluding carboxylic acids is 2. The van der Waals surface area contributed by atoms with Crippen molar-refractivity contribution in [3.05, 3.63) is 54.5 Å². The molecule has 0 unspecified atom stereocenters. The average Bonchev–Trinajstić information content (AvgIpc) is 3.26. The Balaban J connectivity index is 1.36. The van der Waals surface area contributed by atoms with Gasteiger partial charge in [0.25, 0.3) is 0 Å². The molecule has 11 heteroatoms. The van der Waals surface area contributed by atoms with Gasteiger partial charge in [0, 0.05) is 25.5 Å². The second kappa shape index (κ2) is 12.2. The van der Waals surface area contributed by atoms with Gasteiger partial charge in [-0.15, -0.1) is 0 Å². The van der Waals surface area contributed by atoms with Crippen molar-refractivity contribution in [1.29, 1.82) is 0 Å². The van der Waals surface area contributed by atoms with E-state index in [4.69, 9.17) is 14.2 Å². The number of rotatable bonds is 12. The molecule has 0 bridgehead atoms. The summed E-state index contributed by atoms with van der Waals surface area (Å²) in [5.74, 6) is 0.708. The SMILES string of the molecule is COc1nccc(OCCC(=O)Nc2cnn(CC(=O)N(C)CCOc3ccc(C)cc3)c2)n1. The molecule has 0 aliphatic rings. The molecule has 0 aliphatic carbocycles. The standard InChI is InChI=1S/C23H28N6O5/c1-17-4-6-19(7-5-17)33-13-11-28(2)22(31)16-29-15-18(14-25-29)26-20(30)9-12-34-21-8-10-24-23(27-21)32-3/h4-8,10,14-15H,9,11-13,16H2,1-3H3,(H,26,30). The van der Waals surface area contributed by atoms with Crippen molar-refractivity contribution in [1.82, 2.24) is 24.6 Å². The Morgan fingerprint density at radius 2 is 1.91 bits per heavy atom. The van der Waals surface area contributed by atoms with Gasteiger partial charge in [-0.05, 0) is 19.1 Å². The van der Waals surface area contributed by atoms with Crippen molar-refractivity contribution in [3.8, 4) is 17.6 Å². The Kier molecular flexibility index (Phi) is 8.78. The van der Waals surface area contributed by atoms with Crippen molar-refractivity contribution in [2.45, 2.75) is 19.9 Å². The van der Waals surface area contributed by atoms with Crippen molar-refractivity contribution in [3.63, 3.8) is 0 Å². The molecule has 3 rings (SSSR count). The van der Waals surface area contributed by atoms with Crippen molar-refractivity contribution in [2.75, 3.05) is 39.2 Å². The Labute approximate surface area is 197 Å². The Morgan fingerprint density at radius 3 is 2.68 bits per heavy atom. The summed E-state index contributed by atoms with van der Waals surface area (Å²) >= 11 is 0. The lowest BCUT2D eigenvalue weighted by Gasteiger charge is -2.17. The summed E-state index contributed by atoms with van der Waals surface area (Å²) in [6.45, 7) is 3.02. The minimum Gasteiger partial charge on any atom is -0.492 e. The molecule has 1 aromatic carbocycles. The van der Waals surface area contributed by atoms with E-state index >= 15 is 0 Å². The number of anilines is 1. The van der Waals surface area contributed by atoms with Gasteiger partial charge < -0.3 is 24.4 Å². The van der Waals surface area contributed by atoms with Crippen LogP contribution < -0.4 is 19.5 Å². The lowest BCUT2D eigenvalue weighted by molar-refractivity contribution is -0.131. The summed E-state index contributed by atoms with van der Waals surface area (Å²) in [4.78, 5) is 34.1. The van der Waals surface area contributed by atoms with Gasteiger partial charge in [0.05, 0.1) is 38.6 Å². The van der Waals surface area contributed by atoms with E-state index in [1.807, 2.05) is 31.2 Å². The summed E-state index contributed by atoms with van der Waals surface area (Å²) in [5, 5.41) is 6.86. The highest BCUT2D eigenvalue weighted by molar-refractivity contribution is 5.90. The van der Waals surface area contributed by atoms with Crippen LogP contribution in [0, 0.1) is 6.92 Å². The molecule has 0 saturated heterocycles. The van der Waals surface area contributed by atoms with E-state index in [2.05, 4.69) is 20.4 Å². The topological polar surface area (TPSA) is 121 Å². The van der Waals surface area contributed by atoms with E-state index in [-0.39, 0.29) is 37.4 Å². The molecule has 0 fully saturated rings. The van der Waals surface area contributed by atoms with Crippen LogP contribution in [0.25, 0.3) is 0 Å². The minimum absolute atomic E-state index is 0.0511. The van der Waals surface area contributed by atoms with Crippen LogP contribution in [0.15, 0.2) is 48.9 Å². The number of aryl methyl sites for hydroxylation is 1. The van der Waals surface area contributed by atoms with Gasteiger partial charge in [0.15, 0.2) is 0 Å². The number of likely N-dealkylation sites (N-methyl/N-ethyl adjacent to an activating group) is 1. The van der Waals surface area contributed by atoms with E-state index in [1.54, 1.807) is 24.2 Å². The van der Waals surface area contributed by atoms with E-state index in [0.717, 1.165) is 11.3 Å². The minimum atomic E-state index is -0.253. The number of nitrogens with zero attached hydrogens (tertiary/aromatic N) is 5. The van der Waals surface area contributed by atoms with Crippen LogP contribution in [-0.2, 0) is 16.1 Å². The lowest BCUT2D eigenvalue weighted by Crippen LogP contribution is -2.33. The van der Waals surface area contributed by atoms with Gasteiger partial charge in [-0.1, -0.05) is 17.7 Å². The van der Waals surface area contributed by atoms with E-state index in [1.165, 1.54) is 24.2 Å². The zero-order valence-electron chi connectivity index (χ0n) is 19.4. The monoisotopic (exact) mass is 468 g/mol. The Morgan fingerprint density at radius 1 is 1.12 bits per heavy atom. The van der Waals surface area contributed by atoms with E-state index in [9.17, 15) is 9.59 Å². The lowest BCUT2D eigenvalue weighted by atomic mass is 10.2. The van der Waals surface area contributed by atoms with Crippen molar-refractivity contribution >= 4 is 17.5 Å². The zero-order valence-corrected chi connectivity index (χ0v) is 19.4. The number of nitrogens with one attached hydrogen (secondary N) is 1. The summed E-state index contributed by atoms with van der Waals surface area (Å²) in [7, 11) is 3.17. The van der Waals surface area contributed by atoms with Gasteiger partial charge in [0.2, 0.25) is 17.7 Å². The van der Waals surface area contributed by atoms with Crippen LogP contribution in [0.2, 0.25) is 0 Å². The third-order valence-electron chi connectivity index (χ3n) is 4.73. The van der Waals surface area contributed by atoms with Crippen LogP contribution in [0.3, 0.4) is 0 Å². The summed E-state index contributed by atoms with van der Waals surface area (Å²) < 4.78 is 17.5. The van der Waals surface area contributed by atoms with Crippen LogP contribution in [0.5, 0.6) is 17.6 Å². The number of benzene rings is 1. The highest BCUT2D eigenvalue weighted by atomic mass is 16.5. The smallest absolute Gasteiger partial charge is 0.319 e. The van der Waals surface area contributed by atoms with E-state index < -0.39 is 0 Å². The van der Waals surface area contributed by atoms with Gasteiger partial charge in [-0.2, -0.15) is 10.1 Å². The molecule has 2 heterocycles. The third kappa shape index (κ3) is 7.76. The molecule has 0 atom stereocenters. The first kappa shape index (κ1) is 24.5. The van der Waals surface area contributed by atoms with Crippen LogP contribution in [0.1, 0.15) is 12.0 Å². The van der Waals surface area contributed by atoms with E-state index in [0.29, 0.717) is 24.7 Å². The second-order valence-electron chi connectivity index (χ2n) is 7.43. The molecule has 0 aliphatic heterocycles. The molecule has 0 spiro atoms. The fourth-order valence-corrected chi connectivity index (χ4v) is 2.81.